The third kappa shape index (κ3) is 3.35. The Kier molecular flexibility index (Phi) is 4.52. The number of hydrogen-bond donors (Lipinski definition) is 1. The molecule has 0 unspecified atom stereocenters. The van der Waals surface area contributed by atoms with Gasteiger partial charge in [0.1, 0.15) is 4.90 Å². The van der Waals surface area contributed by atoms with Crippen LogP contribution in [0.2, 0.25) is 5.02 Å². The van der Waals surface area contributed by atoms with Gasteiger partial charge in [0.25, 0.3) is 10.0 Å². The van der Waals surface area contributed by atoms with Gasteiger partial charge >= 0.3 is 0 Å². The molecular formula is C13H12ClN3O2S2. The fraction of sp³-hybridized carbons (Fsp3) is 0.231. The second-order valence-corrected chi connectivity index (χ2v) is 7.50. The number of hydrogen-bond acceptors (Lipinski definition) is 5. The second kappa shape index (κ2) is 6.02. The van der Waals surface area contributed by atoms with Gasteiger partial charge in [0.2, 0.25) is 0 Å². The highest BCUT2D eigenvalue weighted by atomic mass is 35.5. The first-order valence-corrected chi connectivity index (χ1v) is 8.74. The quantitative estimate of drug-likeness (QED) is 0.924. The number of halogens is 1. The lowest BCUT2D eigenvalue weighted by Gasteiger charge is -2.07. The molecule has 2 aromatic rings. The monoisotopic (exact) mass is 341 g/mol. The predicted molar refractivity (Wildman–Crippen MR) is 83.2 cm³/mol. The first kappa shape index (κ1) is 15.8. The Morgan fingerprint density at radius 3 is 2.76 bits per heavy atom. The van der Waals surface area contributed by atoms with Gasteiger partial charge in [-0.15, -0.1) is 11.3 Å². The number of nitrogens with zero attached hydrogens (tertiary/aromatic N) is 2. The van der Waals surface area contributed by atoms with Crippen molar-refractivity contribution >= 4 is 38.1 Å². The average molecular weight is 342 g/mol. The zero-order chi connectivity index (χ0) is 15.6. The number of aromatic nitrogens is 1. The third-order valence-corrected chi connectivity index (χ3v) is 5.68. The van der Waals surface area contributed by atoms with E-state index in [2.05, 4.69) is 9.71 Å². The Morgan fingerprint density at radius 1 is 1.48 bits per heavy atom. The first-order valence-electron chi connectivity index (χ1n) is 6.06. The summed E-state index contributed by atoms with van der Waals surface area (Å²) >= 11 is 7.19. The Labute approximate surface area is 132 Å². The number of sulfonamides is 1. The minimum Gasteiger partial charge on any atom is -0.255 e. The SMILES string of the molecule is CCc1nc(NS(=O)(=O)c2cc(C#N)ccc2Cl)sc1C. The van der Waals surface area contributed by atoms with Gasteiger partial charge in [-0.2, -0.15) is 5.26 Å². The lowest BCUT2D eigenvalue weighted by Crippen LogP contribution is -2.13. The van der Waals surface area contributed by atoms with E-state index in [0.29, 0.717) is 5.13 Å². The van der Waals surface area contributed by atoms with E-state index in [1.807, 2.05) is 19.9 Å². The number of benzene rings is 1. The molecule has 0 aliphatic carbocycles. The molecule has 0 atom stereocenters. The summed E-state index contributed by atoms with van der Waals surface area (Å²) < 4.78 is 27.1. The van der Waals surface area contributed by atoms with Crippen LogP contribution in [0.15, 0.2) is 23.1 Å². The van der Waals surface area contributed by atoms with Gasteiger partial charge in [-0.1, -0.05) is 18.5 Å². The van der Waals surface area contributed by atoms with Crippen LogP contribution in [-0.2, 0) is 16.4 Å². The maximum Gasteiger partial charge on any atom is 0.265 e. The van der Waals surface area contributed by atoms with Crippen molar-refractivity contribution in [2.24, 2.45) is 0 Å². The van der Waals surface area contributed by atoms with E-state index in [9.17, 15) is 8.42 Å². The maximum absolute atomic E-state index is 12.4. The van der Waals surface area contributed by atoms with Crippen molar-refractivity contribution in [3.63, 3.8) is 0 Å². The summed E-state index contributed by atoms with van der Waals surface area (Å²) in [7, 11) is -3.87. The van der Waals surface area contributed by atoms with E-state index in [-0.39, 0.29) is 15.5 Å². The van der Waals surface area contributed by atoms with Crippen LogP contribution in [0.3, 0.4) is 0 Å². The molecule has 110 valence electrons. The van der Waals surface area contributed by atoms with E-state index in [0.717, 1.165) is 17.0 Å². The number of rotatable bonds is 4. The maximum atomic E-state index is 12.4. The van der Waals surface area contributed by atoms with Crippen molar-refractivity contribution in [3.05, 3.63) is 39.4 Å². The summed E-state index contributed by atoms with van der Waals surface area (Å²) in [5, 5.41) is 9.22. The number of anilines is 1. The third-order valence-electron chi connectivity index (χ3n) is 2.80. The lowest BCUT2D eigenvalue weighted by molar-refractivity contribution is 0.601. The Bertz CT molecular complexity index is 822. The van der Waals surface area contributed by atoms with Crippen LogP contribution in [0.4, 0.5) is 5.13 Å². The van der Waals surface area contributed by atoms with E-state index in [1.165, 1.54) is 29.5 Å². The van der Waals surface area contributed by atoms with Crippen molar-refractivity contribution in [1.29, 1.82) is 5.26 Å². The van der Waals surface area contributed by atoms with E-state index >= 15 is 0 Å². The van der Waals surface area contributed by atoms with Crippen LogP contribution < -0.4 is 4.72 Å². The van der Waals surface area contributed by atoms with Crippen molar-refractivity contribution in [3.8, 4) is 6.07 Å². The molecule has 0 aliphatic heterocycles. The molecule has 2 rings (SSSR count). The van der Waals surface area contributed by atoms with Crippen molar-refractivity contribution in [2.45, 2.75) is 25.2 Å². The van der Waals surface area contributed by atoms with Crippen LogP contribution in [0.5, 0.6) is 0 Å². The molecule has 5 nitrogen and oxygen atoms in total. The molecule has 0 saturated heterocycles. The van der Waals surface area contributed by atoms with Gasteiger partial charge in [-0.05, 0) is 31.5 Å². The fourth-order valence-electron chi connectivity index (χ4n) is 1.75. The number of nitriles is 1. The molecule has 0 radical (unpaired) electrons. The topological polar surface area (TPSA) is 82.8 Å². The zero-order valence-corrected chi connectivity index (χ0v) is 13.7. The summed E-state index contributed by atoms with van der Waals surface area (Å²) in [6.45, 7) is 3.84. The van der Waals surface area contributed by atoms with Gasteiger partial charge in [-0.3, -0.25) is 4.72 Å². The van der Waals surface area contributed by atoms with Crippen molar-refractivity contribution in [1.82, 2.24) is 4.98 Å². The van der Waals surface area contributed by atoms with E-state index < -0.39 is 10.0 Å². The van der Waals surface area contributed by atoms with Crippen molar-refractivity contribution < 1.29 is 8.42 Å². The zero-order valence-electron chi connectivity index (χ0n) is 11.3. The molecule has 21 heavy (non-hydrogen) atoms. The molecule has 0 bridgehead atoms. The number of aryl methyl sites for hydroxylation is 2. The molecule has 8 heteroatoms. The number of nitrogens with one attached hydrogen (secondary N) is 1. The fourth-order valence-corrected chi connectivity index (χ4v) is 4.41. The van der Waals surface area contributed by atoms with Gasteiger partial charge < -0.3 is 0 Å². The van der Waals surface area contributed by atoms with E-state index in [1.54, 1.807) is 0 Å². The molecule has 0 spiro atoms. The van der Waals surface area contributed by atoms with Crippen LogP contribution in [0.1, 0.15) is 23.1 Å². The first-order chi connectivity index (χ1) is 9.87. The van der Waals surface area contributed by atoms with Crippen molar-refractivity contribution in [2.75, 3.05) is 4.72 Å². The van der Waals surface area contributed by atoms with Gasteiger partial charge in [-0.25, -0.2) is 13.4 Å². The Balaban J connectivity index is 2.40. The van der Waals surface area contributed by atoms with Crippen LogP contribution >= 0.6 is 22.9 Å². The molecule has 1 N–H and O–H groups in total. The Hall–Kier alpha value is -1.62. The molecular weight excluding hydrogens is 330 g/mol. The highest BCUT2D eigenvalue weighted by Gasteiger charge is 2.20. The smallest absolute Gasteiger partial charge is 0.255 e. The average Bonchev–Trinajstić information content (AvgIpc) is 2.78. The van der Waals surface area contributed by atoms with Gasteiger partial charge in [0, 0.05) is 4.88 Å². The molecule has 0 fully saturated rings. The molecule has 0 amide bonds. The molecule has 1 heterocycles. The van der Waals surface area contributed by atoms with Crippen LogP contribution in [-0.4, -0.2) is 13.4 Å². The molecule has 0 saturated carbocycles. The Morgan fingerprint density at radius 2 is 2.19 bits per heavy atom. The summed E-state index contributed by atoms with van der Waals surface area (Å²) in [5.41, 5.74) is 1.08. The minimum atomic E-state index is -3.87. The van der Waals surface area contributed by atoms with Gasteiger partial charge in [0.05, 0.1) is 22.3 Å². The van der Waals surface area contributed by atoms with Crippen LogP contribution in [0, 0.1) is 18.3 Å². The highest BCUT2D eigenvalue weighted by Crippen LogP contribution is 2.28. The largest absolute Gasteiger partial charge is 0.265 e. The minimum absolute atomic E-state index is 0.0606. The summed E-state index contributed by atoms with van der Waals surface area (Å²) in [6.07, 6.45) is 0.731. The van der Waals surface area contributed by atoms with Crippen LogP contribution in [0.25, 0.3) is 0 Å². The van der Waals surface area contributed by atoms with Gasteiger partial charge in [0.15, 0.2) is 5.13 Å². The molecule has 0 aliphatic rings. The summed E-state index contributed by atoms with van der Waals surface area (Å²) in [6, 6.07) is 5.98. The normalized spacial score (nSPS) is 11.1. The summed E-state index contributed by atoms with van der Waals surface area (Å²) in [5.74, 6) is 0. The highest BCUT2D eigenvalue weighted by molar-refractivity contribution is 7.93. The standard InChI is InChI=1S/C13H12ClN3O2S2/c1-3-11-8(2)20-13(16-11)17-21(18,19)12-6-9(7-15)4-5-10(12)14/h4-6H,3H2,1-2H3,(H,16,17). The van der Waals surface area contributed by atoms with E-state index in [4.69, 9.17) is 16.9 Å². The predicted octanol–water partition coefficient (Wildman–Crippen LogP) is 3.34. The lowest BCUT2D eigenvalue weighted by atomic mass is 10.2. The number of thiazole rings is 1. The molecule has 1 aromatic carbocycles. The second-order valence-electron chi connectivity index (χ2n) is 4.24. The summed E-state index contributed by atoms with van der Waals surface area (Å²) in [4.78, 5) is 5.07. The molecule has 1 aromatic heterocycles.